The number of rotatable bonds is 5. The van der Waals surface area contributed by atoms with Gasteiger partial charge in [-0.25, -0.2) is 0 Å². The first-order chi connectivity index (χ1) is 12.5. The van der Waals surface area contributed by atoms with Gasteiger partial charge >= 0.3 is 0 Å². The summed E-state index contributed by atoms with van der Waals surface area (Å²) in [6.45, 7) is 8.52. The van der Waals surface area contributed by atoms with Gasteiger partial charge in [-0.15, -0.1) is 0 Å². The van der Waals surface area contributed by atoms with Gasteiger partial charge in [0.05, 0.1) is 13.7 Å². The van der Waals surface area contributed by atoms with Crippen molar-refractivity contribution in [2.45, 2.75) is 46.1 Å². The zero-order chi connectivity index (χ0) is 18.7. The Labute approximate surface area is 156 Å². The van der Waals surface area contributed by atoms with Crippen molar-refractivity contribution in [3.63, 3.8) is 0 Å². The summed E-state index contributed by atoms with van der Waals surface area (Å²) in [5.41, 5.74) is 3.88. The zero-order valence-electron chi connectivity index (χ0n) is 16.4. The molecule has 2 saturated heterocycles. The van der Waals surface area contributed by atoms with Gasteiger partial charge in [0.15, 0.2) is 0 Å². The molecule has 1 spiro atoms. The molecule has 5 nitrogen and oxygen atoms in total. The fourth-order valence-corrected chi connectivity index (χ4v) is 4.90. The summed E-state index contributed by atoms with van der Waals surface area (Å²) in [4.78, 5) is 16.5. The SMILES string of the molecule is COc1c(C)cc(C)cc1CN1CCC[C@]2(CCC(=O)N(CCO)C2)C1. The van der Waals surface area contributed by atoms with E-state index < -0.39 is 0 Å². The van der Waals surface area contributed by atoms with Crippen molar-refractivity contribution in [2.75, 3.05) is 39.9 Å². The molecule has 2 fully saturated rings. The average molecular weight is 360 g/mol. The third-order valence-electron chi connectivity index (χ3n) is 5.95. The third-order valence-corrected chi connectivity index (χ3v) is 5.95. The van der Waals surface area contributed by atoms with E-state index in [1.165, 1.54) is 23.1 Å². The molecule has 5 heteroatoms. The molecule has 144 valence electrons. The van der Waals surface area contributed by atoms with Gasteiger partial charge in [0.25, 0.3) is 0 Å². The van der Waals surface area contributed by atoms with Crippen LogP contribution in [0.4, 0.5) is 0 Å². The van der Waals surface area contributed by atoms with Crippen LogP contribution in [0.2, 0.25) is 0 Å². The maximum Gasteiger partial charge on any atom is 0.222 e. The molecule has 2 heterocycles. The van der Waals surface area contributed by atoms with Crippen molar-refractivity contribution in [1.29, 1.82) is 0 Å². The molecule has 26 heavy (non-hydrogen) atoms. The first kappa shape index (κ1) is 19.2. The van der Waals surface area contributed by atoms with Crippen molar-refractivity contribution in [1.82, 2.24) is 9.80 Å². The summed E-state index contributed by atoms with van der Waals surface area (Å²) in [7, 11) is 1.75. The Kier molecular flexibility index (Phi) is 5.88. The highest BCUT2D eigenvalue weighted by atomic mass is 16.5. The Balaban J connectivity index is 1.74. The Morgan fingerprint density at radius 1 is 1.23 bits per heavy atom. The molecule has 0 saturated carbocycles. The van der Waals surface area contributed by atoms with E-state index in [1.807, 2.05) is 4.90 Å². The van der Waals surface area contributed by atoms with Gasteiger partial charge in [-0.05, 0) is 45.2 Å². The van der Waals surface area contributed by atoms with E-state index in [4.69, 9.17) is 4.74 Å². The second-order valence-electron chi connectivity index (χ2n) is 8.13. The van der Waals surface area contributed by atoms with Crippen LogP contribution in [-0.4, -0.2) is 60.7 Å². The number of nitrogens with zero attached hydrogens (tertiary/aromatic N) is 2. The predicted molar refractivity (Wildman–Crippen MR) is 102 cm³/mol. The molecule has 1 aromatic carbocycles. The number of carbonyl (C=O) groups excluding carboxylic acids is 1. The lowest BCUT2D eigenvalue weighted by Crippen LogP contribution is -2.54. The average Bonchev–Trinajstić information content (AvgIpc) is 2.59. The molecule has 0 aliphatic carbocycles. The van der Waals surface area contributed by atoms with E-state index >= 15 is 0 Å². The molecule has 1 atom stereocenters. The van der Waals surface area contributed by atoms with E-state index in [-0.39, 0.29) is 17.9 Å². The van der Waals surface area contributed by atoms with Crippen molar-refractivity contribution >= 4 is 5.91 Å². The van der Waals surface area contributed by atoms with Gasteiger partial charge in [0, 0.05) is 43.6 Å². The molecular formula is C21H32N2O3. The van der Waals surface area contributed by atoms with Gasteiger partial charge in [-0.2, -0.15) is 0 Å². The van der Waals surface area contributed by atoms with E-state index in [1.54, 1.807) is 7.11 Å². The maximum atomic E-state index is 12.1. The molecule has 0 radical (unpaired) electrons. The molecule has 1 amide bonds. The Morgan fingerprint density at radius 2 is 2.04 bits per heavy atom. The number of aliphatic hydroxyl groups excluding tert-OH is 1. The highest BCUT2D eigenvalue weighted by Gasteiger charge is 2.41. The van der Waals surface area contributed by atoms with Crippen LogP contribution < -0.4 is 4.74 Å². The summed E-state index contributed by atoms with van der Waals surface area (Å²) < 4.78 is 5.67. The van der Waals surface area contributed by atoms with Crippen LogP contribution in [0.5, 0.6) is 5.75 Å². The lowest BCUT2D eigenvalue weighted by atomic mass is 9.73. The van der Waals surface area contributed by atoms with Gasteiger partial charge in [0.1, 0.15) is 5.75 Å². The summed E-state index contributed by atoms with van der Waals surface area (Å²) in [6, 6.07) is 4.40. The zero-order valence-corrected chi connectivity index (χ0v) is 16.4. The van der Waals surface area contributed by atoms with Crippen LogP contribution in [0.15, 0.2) is 12.1 Å². The van der Waals surface area contributed by atoms with Gasteiger partial charge in [0.2, 0.25) is 5.91 Å². The highest BCUT2D eigenvalue weighted by molar-refractivity contribution is 5.77. The number of piperidine rings is 2. The van der Waals surface area contributed by atoms with Crippen molar-refractivity contribution < 1.29 is 14.6 Å². The second-order valence-corrected chi connectivity index (χ2v) is 8.13. The number of methoxy groups -OCH3 is 1. The predicted octanol–water partition coefficient (Wildman–Crippen LogP) is 2.51. The third kappa shape index (κ3) is 4.04. The fourth-order valence-electron chi connectivity index (χ4n) is 4.90. The maximum absolute atomic E-state index is 12.1. The van der Waals surface area contributed by atoms with Crippen LogP contribution in [0, 0.1) is 19.3 Å². The summed E-state index contributed by atoms with van der Waals surface area (Å²) in [5.74, 6) is 1.19. The first-order valence-electron chi connectivity index (χ1n) is 9.71. The standard InChI is InChI=1S/C21H32N2O3/c1-16-11-17(2)20(26-3)18(12-16)13-22-8-4-6-21(14-22)7-5-19(25)23(15-21)9-10-24/h11-12,24H,4-10,13-15H2,1-3H3/t21-/m0/s1. The number of ether oxygens (including phenoxy) is 1. The van der Waals surface area contributed by atoms with E-state index in [9.17, 15) is 9.90 Å². The number of amides is 1. The van der Waals surface area contributed by atoms with E-state index in [2.05, 4.69) is 30.9 Å². The number of hydrogen-bond donors (Lipinski definition) is 1. The Morgan fingerprint density at radius 3 is 2.77 bits per heavy atom. The molecule has 0 unspecified atom stereocenters. The van der Waals surface area contributed by atoms with Gasteiger partial charge < -0.3 is 14.7 Å². The minimum atomic E-state index is 0.0469. The fraction of sp³-hybridized carbons (Fsp3) is 0.667. The molecular weight excluding hydrogens is 328 g/mol. The van der Waals surface area contributed by atoms with Gasteiger partial charge in [-0.3, -0.25) is 9.69 Å². The number of β-amino-alcohol motifs (C(OH)–C–C–N with tert-alkyl or cyclic N) is 1. The van der Waals surface area contributed by atoms with E-state index in [0.29, 0.717) is 13.0 Å². The number of aryl methyl sites for hydroxylation is 2. The molecule has 0 aromatic heterocycles. The number of carbonyl (C=O) groups is 1. The molecule has 1 aromatic rings. The second kappa shape index (κ2) is 7.97. The first-order valence-corrected chi connectivity index (χ1v) is 9.71. The molecule has 2 aliphatic rings. The number of benzene rings is 1. The number of hydrogen-bond acceptors (Lipinski definition) is 4. The monoisotopic (exact) mass is 360 g/mol. The number of aliphatic hydroxyl groups is 1. The Hall–Kier alpha value is -1.59. The molecule has 0 bridgehead atoms. The van der Waals surface area contributed by atoms with Crippen LogP contribution in [-0.2, 0) is 11.3 Å². The molecule has 2 aliphatic heterocycles. The van der Waals surface area contributed by atoms with Crippen molar-refractivity contribution in [3.05, 3.63) is 28.8 Å². The number of likely N-dealkylation sites (tertiary alicyclic amines) is 2. The van der Waals surface area contributed by atoms with Crippen LogP contribution in [0.1, 0.15) is 42.4 Å². The minimum Gasteiger partial charge on any atom is -0.496 e. The summed E-state index contributed by atoms with van der Waals surface area (Å²) in [5, 5.41) is 9.26. The largest absolute Gasteiger partial charge is 0.496 e. The normalized spacial score (nSPS) is 24.3. The van der Waals surface area contributed by atoms with E-state index in [0.717, 1.165) is 44.8 Å². The molecule has 3 rings (SSSR count). The lowest BCUT2D eigenvalue weighted by molar-refractivity contribution is -0.140. The van der Waals surface area contributed by atoms with Gasteiger partial charge in [-0.1, -0.05) is 17.7 Å². The lowest BCUT2D eigenvalue weighted by Gasteiger charge is -2.48. The quantitative estimate of drug-likeness (QED) is 0.877. The Bertz CT molecular complexity index is 661. The minimum absolute atomic E-state index is 0.0469. The highest BCUT2D eigenvalue weighted by Crippen LogP contribution is 2.39. The van der Waals surface area contributed by atoms with Crippen LogP contribution >= 0.6 is 0 Å². The smallest absolute Gasteiger partial charge is 0.222 e. The summed E-state index contributed by atoms with van der Waals surface area (Å²) >= 11 is 0. The summed E-state index contributed by atoms with van der Waals surface area (Å²) in [6.07, 6.45) is 3.91. The van der Waals surface area contributed by atoms with Crippen molar-refractivity contribution in [2.24, 2.45) is 5.41 Å². The van der Waals surface area contributed by atoms with Crippen LogP contribution in [0.3, 0.4) is 0 Å². The topological polar surface area (TPSA) is 53.0 Å². The van der Waals surface area contributed by atoms with Crippen LogP contribution in [0.25, 0.3) is 0 Å². The molecule has 1 N–H and O–H groups in total. The van der Waals surface area contributed by atoms with Crippen molar-refractivity contribution in [3.8, 4) is 5.75 Å².